The zero-order valence-corrected chi connectivity index (χ0v) is 20.7. The van der Waals surface area contributed by atoms with Crippen LogP contribution < -0.4 is 5.32 Å². The van der Waals surface area contributed by atoms with Gasteiger partial charge in [-0.1, -0.05) is 29.8 Å². The Morgan fingerprint density at radius 3 is 2.74 bits per heavy atom. The zero-order chi connectivity index (χ0) is 24.5. The van der Waals surface area contributed by atoms with Crippen LogP contribution in [0.25, 0.3) is 0 Å². The van der Waals surface area contributed by atoms with Gasteiger partial charge in [0.25, 0.3) is 5.91 Å². The summed E-state index contributed by atoms with van der Waals surface area (Å²) >= 11 is 7.40. The molecule has 0 saturated heterocycles. The summed E-state index contributed by atoms with van der Waals surface area (Å²) in [5, 5.41) is 21.9. The smallest absolute Gasteiger partial charge is 0.266 e. The molecule has 2 amide bonds. The molecule has 0 bridgehead atoms. The second-order valence-corrected chi connectivity index (χ2v) is 10.2. The Kier molecular flexibility index (Phi) is 6.64. The highest BCUT2D eigenvalue weighted by Crippen LogP contribution is 2.41. The number of amides is 2. The maximum Gasteiger partial charge on any atom is 0.266 e. The monoisotopic (exact) mass is 496 g/mol. The van der Waals surface area contributed by atoms with Crippen molar-refractivity contribution in [2.75, 3.05) is 18.9 Å². The summed E-state index contributed by atoms with van der Waals surface area (Å²) in [4.78, 5) is 30.0. The van der Waals surface area contributed by atoms with Gasteiger partial charge in [0.05, 0.1) is 22.7 Å². The zero-order valence-electron chi connectivity index (χ0n) is 19.1. The molecule has 3 heterocycles. The quantitative estimate of drug-likeness (QED) is 0.369. The molecule has 1 aliphatic heterocycles. The van der Waals surface area contributed by atoms with E-state index < -0.39 is 5.54 Å². The molecule has 4 rings (SSSR count). The molecule has 8 nitrogen and oxygen atoms in total. The van der Waals surface area contributed by atoms with Crippen LogP contribution >= 0.6 is 22.9 Å². The Morgan fingerprint density at radius 1 is 1.35 bits per heavy atom. The van der Waals surface area contributed by atoms with E-state index in [1.54, 1.807) is 30.1 Å². The van der Waals surface area contributed by atoms with Crippen LogP contribution in [0.15, 0.2) is 41.8 Å². The Morgan fingerprint density at radius 2 is 2.09 bits per heavy atom. The number of nitrogens with one attached hydrogen (secondary N) is 2. The molecule has 0 spiro atoms. The number of hydrogen-bond acceptors (Lipinski definition) is 6. The van der Waals surface area contributed by atoms with E-state index in [0.29, 0.717) is 28.8 Å². The van der Waals surface area contributed by atoms with Gasteiger partial charge in [-0.15, -0.1) is 11.3 Å². The first-order chi connectivity index (χ1) is 16.2. The van der Waals surface area contributed by atoms with Crippen molar-refractivity contribution in [1.82, 2.24) is 20.0 Å². The van der Waals surface area contributed by atoms with Crippen LogP contribution in [0.4, 0.5) is 5.82 Å². The van der Waals surface area contributed by atoms with Crippen molar-refractivity contribution in [2.24, 2.45) is 0 Å². The van der Waals surface area contributed by atoms with E-state index in [-0.39, 0.29) is 24.2 Å². The lowest BCUT2D eigenvalue weighted by molar-refractivity contribution is -0.137. The van der Waals surface area contributed by atoms with Crippen molar-refractivity contribution in [3.05, 3.63) is 68.5 Å². The molecular weight excluding hydrogens is 472 g/mol. The molecule has 3 aromatic rings. The number of likely N-dealkylation sites (N-methyl/N-ethyl adjacent to an activating group) is 1. The van der Waals surface area contributed by atoms with Crippen LogP contribution in [0, 0.1) is 11.5 Å². The molecule has 0 fully saturated rings. The lowest BCUT2D eigenvalue weighted by Crippen LogP contribution is -2.41. The maximum absolute atomic E-state index is 13.5. The highest BCUT2D eigenvalue weighted by molar-refractivity contribution is 7.12. The number of aromatic amines is 1. The number of H-pyrrole nitrogens is 1. The first-order valence-electron chi connectivity index (χ1n) is 10.8. The van der Waals surface area contributed by atoms with E-state index in [0.717, 1.165) is 16.8 Å². The number of thiophene rings is 1. The molecule has 1 aliphatic rings. The number of halogens is 1. The first-order valence-corrected chi connectivity index (χ1v) is 12.1. The summed E-state index contributed by atoms with van der Waals surface area (Å²) in [7, 11) is 1.70. The van der Waals surface area contributed by atoms with Gasteiger partial charge in [-0.3, -0.25) is 14.7 Å². The molecule has 1 unspecified atom stereocenters. The summed E-state index contributed by atoms with van der Waals surface area (Å²) in [5.74, 6) is -0.0128. The molecular formula is C24H25ClN6O2S. The average Bonchev–Trinajstić information content (AvgIpc) is 3.52. The number of anilines is 1. The van der Waals surface area contributed by atoms with Crippen molar-refractivity contribution in [1.29, 1.82) is 5.26 Å². The van der Waals surface area contributed by atoms with Gasteiger partial charge in [-0.2, -0.15) is 10.4 Å². The number of carbonyl (C=O) groups is 2. The highest BCUT2D eigenvalue weighted by Gasteiger charge is 2.44. The van der Waals surface area contributed by atoms with Gasteiger partial charge in [-0.25, -0.2) is 0 Å². The number of fused-ring (bicyclic) bond motifs is 1. The summed E-state index contributed by atoms with van der Waals surface area (Å²) in [6.07, 6.45) is 2.34. The number of rotatable bonds is 7. The van der Waals surface area contributed by atoms with E-state index in [1.807, 2.05) is 37.4 Å². The van der Waals surface area contributed by atoms with Crippen LogP contribution in [-0.4, -0.2) is 45.4 Å². The summed E-state index contributed by atoms with van der Waals surface area (Å²) in [6, 6.07) is 10.9. The lowest BCUT2D eigenvalue weighted by atomic mass is 9.93. The van der Waals surface area contributed by atoms with Crippen molar-refractivity contribution in [3.8, 4) is 6.19 Å². The van der Waals surface area contributed by atoms with Crippen LogP contribution in [0.2, 0.25) is 5.02 Å². The molecule has 2 N–H and O–H groups in total. The predicted molar refractivity (Wildman–Crippen MR) is 131 cm³/mol. The van der Waals surface area contributed by atoms with E-state index >= 15 is 0 Å². The fraction of sp³-hybridized carbons (Fsp3) is 0.333. The number of nitriles is 1. The van der Waals surface area contributed by atoms with Crippen molar-refractivity contribution in [3.63, 3.8) is 0 Å². The third-order valence-corrected chi connectivity index (χ3v) is 7.30. The lowest BCUT2D eigenvalue weighted by Gasteiger charge is -2.33. The van der Waals surface area contributed by atoms with Crippen molar-refractivity contribution < 1.29 is 9.59 Å². The molecule has 34 heavy (non-hydrogen) atoms. The van der Waals surface area contributed by atoms with Gasteiger partial charge in [0.2, 0.25) is 5.91 Å². The fourth-order valence-electron chi connectivity index (χ4n) is 4.31. The predicted octanol–water partition coefficient (Wildman–Crippen LogP) is 4.54. The van der Waals surface area contributed by atoms with Gasteiger partial charge in [-0.05, 0) is 43.0 Å². The topological polar surface area (TPSA) is 105 Å². The van der Waals surface area contributed by atoms with E-state index in [4.69, 9.17) is 11.6 Å². The number of benzene rings is 1. The van der Waals surface area contributed by atoms with E-state index in [1.165, 1.54) is 16.2 Å². The molecule has 2 aromatic heterocycles. The summed E-state index contributed by atoms with van der Waals surface area (Å²) in [5.41, 5.74) is 1.93. The molecule has 0 saturated carbocycles. The third-order valence-electron chi connectivity index (χ3n) is 6.18. The Bertz CT molecular complexity index is 1230. The minimum atomic E-state index is -0.628. The van der Waals surface area contributed by atoms with Crippen molar-refractivity contribution in [2.45, 2.75) is 38.3 Å². The molecule has 1 atom stereocenters. The van der Waals surface area contributed by atoms with Crippen molar-refractivity contribution >= 4 is 40.6 Å². The Hall–Kier alpha value is -3.35. The molecule has 10 heteroatoms. The first kappa shape index (κ1) is 23.8. The fourth-order valence-corrected chi connectivity index (χ4v) is 5.06. The summed E-state index contributed by atoms with van der Waals surface area (Å²) < 4.78 is 0. The Balaban J connectivity index is 1.54. The standard InChI is InChI=1S/C24H25ClN6O2S/c1-24(2)21-18(22(29-28-21)27-23(33)19-5-4-10-34-19)13-31(24)20(32)11-16(12-30(3)14-26)15-6-8-17(25)9-7-15/h4-10,16H,11-13H2,1-3H3,(H2,27,28,29,33). The van der Waals surface area contributed by atoms with Gasteiger partial charge < -0.3 is 15.1 Å². The molecule has 176 valence electrons. The number of aromatic nitrogens is 2. The minimum absolute atomic E-state index is 0.0450. The summed E-state index contributed by atoms with van der Waals surface area (Å²) in [6.45, 7) is 4.66. The van der Waals surface area contributed by atoms with Crippen LogP contribution in [0.1, 0.15) is 52.7 Å². The number of nitrogens with zero attached hydrogens (tertiary/aromatic N) is 4. The van der Waals surface area contributed by atoms with Gasteiger partial charge >= 0.3 is 0 Å². The number of carbonyl (C=O) groups excluding carboxylic acids is 2. The van der Waals surface area contributed by atoms with Crippen LogP contribution in [0.3, 0.4) is 0 Å². The van der Waals surface area contributed by atoms with E-state index in [2.05, 4.69) is 21.7 Å². The van der Waals surface area contributed by atoms with Gasteiger partial charge in [0.15, 0.2) is 12.0 Å². The second-order valence-electron chi connectivity index (χ2n) is 8.83. The SMILES string of the molecule is CN(C#N)CC(CC(=O)N1Cc2c(NC(=O)c3cccs3)n[nH]c2C1(C)C)c1ccc(Cl)cc1. The highest BCUT2D eigenvalue weighted by atomic mass is 35.5. The maximum atomic E-state index is 13.5. The Labute approximate surface area is 207 Å². The average molecular weight is 497 g/mol. The minimum Gasteiger partial charge on any atom is -0.327 e. The van der Waals surface area contributed by atoms with E-state index in [9.17, 15) is 14.9 Å². The van der Waals surface area contributed by atoms with Gasteiger partial charge in [0.1, 0.15) is 0 Å². The third kappa shape index (κ3) is 4.65. The number of hydrogen-bond donors (Lipinski definition) is 2. The van der Waals surface area contributed by atoms with Crippen LogP contribution in [0.5, 0.6) is 0 Å². The normalized spacial score (nSPS) is 14.9. The molecule has 1 aromatic carbocycles. The largest absolute Gasteiger partial charge is 0.327 e. The van der Waals surface area contributed by atoms with Gasteiger partial charge in [0, 0.05) is 36.5 Å². The molecule has 0 radical (unpaired) electrons. The second kappa shape index (κ2) is 9.49. The molecule has 0 aliphatic carbocycles. The van der Waals surface area contributed by atoms with Crippen LogP contribution in [-0.2, 0) is 16.9 Å².